The van der Waals surface area contributed by atoms with Gasteiger partial charge in [0.05, 0.1) is 27.9 Å². The third-order valence-corrected chi connectivity index (χ3v) is 6.09. The van der Waals surface area contributed by atoms with Crippen LogP contribution < -0.4 is 5.56 Å². The SMILES string of the molecule is CCc1nc(CN2CCN(C(=O)Cn3cnc4ccccc4c3=O)CC2)cs1. The number of hydrogen-bond donors (Lipinski definition) is 0. The summed E-state index contributed by atoms with van der Waals surface area (Å²) >= 11 is 1.71. The second-order valence-corrected chi connectivity index (χ2v) is 7.88. The molecule has 4 rings (SSSR count). The van der Waals surface area contributed by atoms with Crippen molar-refractivity contribution < 1.29 is 4.79 Å². The van der Waals surface area contributed by atoms with Crippen molar-refractivity contribution in [3.05, 3.63) is 57.0 Å². The largest absolute Gasteiger partial charge is 0.339 e. The first-order valence-electron chi connectivity index (χ1n) is 9.51. The monoisotopic (exact) mass is 397 g/mol. The number of aromatic nitrogens is 3. The third-order valence-electron chi connectivity index (χ3n) is 5.05. The zero-order valence-corrected chi connectivity index (χ0v) is 16.7. The third kappa shape index (κ3) is 3.98. The lowest BCUT2D eigenvalue weighted by molar-refractivity contribution is -0.133. The molecule has 8 heteroatoms. The van der Waals surface area contributed by atoms with E-state index in [0.29, 0.717) is 24.0 Å². The maximum absolute atomic E-state index is 12.7. The smallest absolute Gasteiger partial charge is 0.261 e. The van der Waals surface area contributed by atoms with Gasteiger partial charge in [-0.25, -0.2) is 9.97 Å². The van der Waals surface area contributed by atoms with Crippen molar-refractivity contribution in [3.8, 4) is 0 Å². The Balaban J connectivity index is 1.35. The van der Waals surface area contributed by atoms with Gasteiger partial charge in [-0.15, -0.1) is 11.3 Å². The molecule has 1 saturated heterocycles. The highest BCUT2D eigenvalue weighted by Crippen LogP contribution is 2.14. The number of thiazole rings is 1. The summed E-state index contributed by atoms with van der Waals surface area (Å²) in [6.45, 7) is 5.93. The van der Waals surface area contributed by atoms with Crippen LogP contribution in [0.1, 0.15) is 17.6 Å². The highest BCUT2D eigenvalue weighted by Gasteiger charge is 2.22. The fourth-order valence-corrected chi connectivity index (χ4v) is 4.17. The Morgan fingerprint density at radius 3 is 2.71 bits per heavy atom. The van der Waals surface area contributed by atoms with E-state index in [1.165, 1.54) is 15.9 Å². The van der Waals surface area contributed by atoms with Crippen molar-refractivity contribution in [1.29, 1.82) is 0 Å². The van der Waals surface area contributed by atoms with Crippen LogP contribution in [0.2, 0.25) is 0 Å². The van der Waals surface area contributed by atoms with Gasteiger partial charge in [-0.05, 0) is 18.6 Å². The summed E-state index contributed by atoms with van der Waals surface area (Å²) in [7, 11) is 0. The Morgan fingerprint density at radius 1 is 1.18 bits per heavy atom. The lowest BCUT2D eigenvalue weighted by Gasteiger charge is -2.34. The number of carbonyl (C=O) groups is 1. The van der Waals surface area contributed by atoms with E-state index in [-0.39, 0.29) is 18.0 Å². The van der Waals surface area contributed by atoms with Gasteiger partial charge in [0.2, 0.25) is 5.91 Å². The molecule has 1 fully saturated rings. The van der Waals surface area contributed by atoms with Crippen molar-refractivity contribution in [1.82, 2.24) is 24.3 Å². The highest BCUT2D eigenvalue weighted by molar-refractivity contribution is 7.09. The summed E-state index contributed by atoms with van der Waals surface area (Å²) < 4.78 is 1.40. The van der Waals surface area contributed by atoms with E-state index >= 15 is 0 Å². The molecule has 0 radical (unpaired) electrons. The standard InChI is InChI=1S/C20H23N5O2S/c1-2-18-22-15(13-28-18)11-23-7-9-24(10-8-23)19(26)12-25-14-21-17-6-4-3-5-16(17)20(25)27/h3-6,13-14H,2,7-12H2,1H3. The Labute approximate surface area is 167 Å². The van der Waals surface area contributed by atoms with Gasteiger partial charge in [0.1, 0.15) is 6.54 Å². The molecule has 1 aliphatic rings. The minimum absolute atomic E-state index is 0.0304. The number of carbonyl (C=O) groups excluding carboxylic acids is 1. The lowest BCUT2D eigenvalue weighted by Crippen LogP contribution is -2.49. The number of benzene rings is 1. The molecular weight excluding hydrogens is 374 g/mol. The van der Waals surface area contributed by atoms with E-state index in [1.54, 1.807) is 23.5 Å². The second kappa shape index (κ2) is 8.20. The van der Waals surface area contributed by atoms with Gasteiger partial charge in [0.25, 0.3) is 5.56 Å². The summed E-state index contributed by atoms with van der Waals surface area (Å²) in [4.78, 5) is 38.3. The molecule has 7 nitrogen and oxygen atoms in total. The molecule has 0 saturated carbocycles. The summed E-state index contributed by atoms with van der Waals surface area (Å²) in [5.41, 5.74) is 1.58. The molecule has 0 bridgehead atoms. The van der Waals surface area contributed by atoms with Crippen LogP contribution in [0.25, 0.3) is 10.9 Å². The Kier molecular flexibility index (Phi) is 5.50. The summed E-state index contributed by atoms with van der Waals surface area (Å²) in [5.74, 6) is -0.0410. The zero-order chi connectivity index (χ0) is 19.5. The average molecular weight is 398 g/mol. The van der Waals surface area contributed by atoms with Crippen molar-refractivity contribution in [2.45, 2.75) is 26.4 Å². The van der Waals surface area contributed by atoms with Gasteiger partial charge in [-0.1, -0.05) is 19.1 Å². The number of aryl methyl sites for hydroxylation is 1. The molecule has 0 aliphatic carbocycles. The quantitative estimate of drug-likeness (QED) is 0.656. The van der Waals surface area contributed by atoms with Crippen LogP contribution in [0.4, 0.5) is 0 Å². The second-order valence-electron chi connectivity index (χ2n) is 6.94. The molecule has 3 aromatic rings. The number of rotatable bonds is 5. The van der Waals surface area contributed by atoms with Crippen molar-refractivity contribution in [2.24, 2.45) is 0 Å². The predicted molar refractivity (Wildman–Crippen MR) is 109 cm³/mol. The Morgan fingerprint density at radius 2 is 1.96 bits per heavy atom. The molecule has 0 spiro atoms. The minimum Gasteiger partial charge on any atom is -0.339 e. The van der Waals surface area contributed by atoms with Crippen LogP contribution in [0.15, 0.2) is 40.8 Å². The van der Waals surface area contributed by atoms with Crippen molar-refractivity contribution in [2.75, 3.05) is 26.2 Å². The van der Waals surface area contributed by atoms with E-state index in [2.05, 4.69) is 27.2 Å². The fraction of sp³-hybridized carbons (Fsp3) is 0.400. The van der Waals surface area contributed by atoms with Crippen molar-refractivity contribution >= 4 is 28.1 Å². The van der Waals surface area contributed by atoms with E-state index in [1.807, 2.05) is 17.0 Å². The average Bonchev–Trinajstić information content (AvgIpc) is 3.18. The number of hydrogen-bond acceptors (Lipinski definition) is 6. The Hall–Kier alpha value is -2.58. The van der Waals surface area contributed by atoms with Crippen LogP contribution in [0, 0.1) is 0 Å². The first-order valence-corrected chi connectivity index (χ1v) is 10.4. The van der Waals surface area contributed by atoms with Gasteiger partial charge in [-0.2, -0.15) is 0 Å². The van der Waals surface area contributed by atoms with Gasteiger partial charge >= 0.3 is 0 Å². The normalized spacial score (nSPS) is 15.2. The van der Waals surface area contributed by atoms with E-state index < -0.39 is 0 Å². The van der Waals surface area contributed by atoms with Crippen LogP contribution in [-0.4, -0.2) is 56.4 Å². The molecule has 0 unspecified atom stereocenters. The minimum atomic E-state index is -0.173. The number of fused-ring (bicyclic) bond motifs is 1. The molecule has 3 heterocycles. The van der Waals surface area contributed by atoms with E-state index in [4.69, 9.17) is 0 Å². The maximum Gasteiger partial charge on any atom is 0.261 e. The van der Waals surface area contributed by atoms with E-state index in [0.717, 1.165) is 31.7 Å². The highest BCUT2D eigenvalue weighted by atomic mass is 32.1. The summed E-state index contributed by atoms with van der Waals surface area (Å²) in [6.07, 6.45) is 2.43. The molecule has 0 N–H and O–H groups in total. The number of amides is 1. The summed E-state index contributed by atoms with van der Waals surface area (Å²) in [5, 5.41) is 3.82. The maximum atomic E-state index is 12.7. The van der Waals surface area contributed by atoms with Crippen LogP contribution in [0.5, 0.6) is 0 Å². The molecular formula is C20H23N5O2S. The predicted octanol–water partition coefficient (Wildman–Crippen LogP) is 1.76. The molecule has 146 valence electrons. The lowest BCUT2D eigenvalue weighted by atomic mass is 10.2. The Bertz CT molecular complexity index is 1040. The van der Waals surface area contributed by atoms with Crippen LogP contribution >= 0.6 is 11.3 Å². The number of para-hydroxylation sites is 1. The number of nitrogens with zero attached hydrogens (tertiary/aromatic N) is 5. The topological polar surface area (TPSA) is 71.3 Å². The molecule has 1 aromatic carbocycles. The van der Waals surface area contributed by atoms with Crippen LogP contribution in [-0.2, 0) is 24.3 Å². The first kappa shape index (κ1) is 18.8. The molecule has 28 heavy (non-hydrogen) atoms. The van der Waals surface area contributed by atoms with Crippen molar-refractivity contribution in [3.63, 3.8) is 0 Å². The van der Waals surface area contributed by atoms with Gasteiger partial charge < -0.3 is 4.90 Å². The zero-order valence-electron chi connectivity index (χ0n) is 15.9. The molecule has 2 aromatic heterocycles. The first-order chi connectivity index (χ1) is 13.6. The molecule has 0 atom stereocenters. The molecule has 1 amide bonds. The van der Waals surface area contributed by atoms with Gasteiger partial charge in [-0.3, -0.25) is 19.1 Å². The number of piperazine rings is 1. The van der Waals surface area contributed by atoms with E-state index in [9.17, 15) is 9.59 Å². The fourth-order valence-electron chi connectivity index (χ4n) is 3.43. The van der Waals surface area contributed by atoms with Gasteiger partial charge in [0.15, 0.2) is 0 Å². The molecule has 1 aliphatic heterocycles. The van der Waals surface area contributed by atoms with Gasteiger partial charge in [0, 0.05) is 38.1 Å². The summed E-state index contributed by atoms with van der Waals surface area (Å²) in [6, 6.07) is 7.20. The van der Waals surface area contributed by atoms with Crippen LogP contribution in [0.3, 0.4) is 0 Å².